The number of ether oxygens (including phenoxy) is 1. The molecule has 0 saturated heterocycles. The van der Waals surface area contributed by atoms with Crippen molar-refractivity contribution in [2.24, 2.45) is 0 Å². The summed E-state index contributed by atoms with van der Waals surface area (Å²) in [7, 11) is 1.54. The van der Waals surface area contributed by atoms with Crippen molar-refractivity contribution in [3.63, 3.8) is 0 Å². The van der Waals surface area contributed by atoms with Crippen LogP contribution in [0.1, 0.15) is 13.8 Å². The quantitative estimate of drug-likeness (QED) is 0.559. The van der Waals surface area contributed by atoms with E-state index in [1.165, 1.54) is 6.42 Å². The molecule has 1 radical (unpaired) electrons. The number of nitrogens with one attached hydrogen (secondary N) is 1. The molecule has 53 valence electrons. The molecule has 1 amide bonds. The highest BCUT2D eigenvalue weighted by Gasteiger charge is 2.01. The lowest BCUT2D eigenvalue weighted by molar-refractivity contribution is -0.120. The number of carbonyl (C=O) groups excluding carboxylic acids is 1. The molecule has 0 saturated carbocycles. The number of rotatable bonds is 3. The van der Waals surface area contributed by atoms with Gasteiger partial charge in [0.1, 0.15) is 6.23 Å². The van der Waals surface area contributed by atoms with Crippen LogP contribution in [0.3, 0.4) is 0 Å². The summed E-state index contributed by atoms with van der Waals surface area (Å²) in [6.07, 6.45) is 1.25. The molecule has 0 spiro atoms. The first-order valence-corrected chi connectivity index (χ1v) is 2.83. The minimum Gasteiger partial charge on any atom is -0.362 e. The molecule has 9 heavy (non-hydrogen) atoms. The van der Waals surface area contributed by atoms with E-state index in [0.29, 0.717) is 0 Å². The van der Waals surface area contributed by atoms with Crippen molar-refractivity contribution < 1.29 is 9.53 Å². The van der Waals surface area contributed by atoms with E-state index >= 15 is 0 Å². The molecule has 1 atom stereocenters. The van der Waals surface area contributed by atoms with Crippen LogP contribution in [0, 0.1) is 6.42 Å². The van der Waals surface area contributed by atoms with E-state index in [2.05, 4.69) is 5.32 Å². The fourth-order valence-electron chi connectivity index (χ4n) is 0.343. The van der Waals surface area contributed by atoms with Crippen molar-refractivity contribution in [3.8, 4) is 0 Å². The third-order valence-corrected chi connectivity index (χ3v) is 0.961. The van der Waals surface area contributed by atoms with E-state index in [1.807, 2.05) is 0 Å². The van der Waals surface area contributed by atoms with Crippen molar-refractivity contribution in [2.45, 2.75) is 20.1 Å². The van der Waals surface area contributed by atoms with Gasteiger partial charge in [0.2, 0.25) is 5.91 Å². The predicted octanol–water partition coefficient (Wildman–Crippen LogP) is 0.319. The summed E-state index contributed by atoms with van der Waals surface area (Å²) in [6.45, 7) is 3.44. The van der Waals surface area contributed by atoms with Gasteiger partial charge < -0.3 is 10.1 Å². The van der Waals surface area contributed by atoms with E-state index in [1.54, 1.807) is 21.0 Å². The van der Waals surface area contributed by atoms with E-state index in [9.17, 15) is 4.79 Å². The van der Waals surface area contributed by atoms with Crippen LogP contribution in [0.2, 0.25) is 0 Å². The fraction of sp³-hybridized carbons (Fsp3) is 0.667. The third-order valence-electron chi connectivity index (χ3n) is 0.961. The monoisotopic (exact) mass is 130 g/mol. The molecule has 0 aromatic rings. The van der Waals surface area contributed by atoms with E-state index in [-0.39, 0.29) is 12.1 Å². The zero-order chi connectivity index (χ0) is 7.28. The Morgan fingerprint density at radius 1 is 1.78 bits per heavy atom. The van der Waals surface area contributed by atoms with Crippen LogP contribution >= 0.6 is 0 Å². The maximum absolute atomic E-state index is 10.5. The zero-order valence-corrected chi connectivity index (χ0v) is 5.97. The van der Waals surface area contributed by atoms with Gasteiger partial charge in [-0.15, -0.1) is 0 Å². The standard InChI is InChI=1S/C6H12NO2/c1-4-6(8)7-5(2)9-3/h4-5H,1-3H3,(H,7,8). The Morgan fingerprint density at radius 2 is 2.33 bits per heavy atom. The molecule has 0 aromatic carbocycles. The van der Waals surface area contributed by atoms with Crippen molar-refractivity contribution in [1.29, 1.82) is 0 Å². The Labute approximate surface area is 55.4 Å². The van der Waals surface area contributed by atoms with Crippen LogP contribution in [0.25, 0.3) is 0 Å². The minimum absolute atomic E-state index is 0.107. The first-order chi connectivity index (χ1) is 4.20. The molecule has 0 aliphatic carbocycles. The van der Waals surface area contributed by atoms with Gasteiger partial charge in [-0.1, -0.05) is 6.92 Å². The van der Waals surface area contributed by atoms with Gasteiger partial charge in [-0.25, -0.2) is 0 Å². The van der Waals surface area contributed by atoms with Gasteiger partial charge in [0.15, 0.2) is 0 Å². The number of carbonyl (C=O) groups is 1. The highest BCUT2D eigenvalue weighted by atomic mass is 16.5. The van der Waals surface area contributed by atoms with E-state index in [4.69, 9.17) is 4.74 Å². The van der Waals surface area contributed by atoms with Crippen LogP contribution in [-0.2, 0) is 9.53 Å². The lowest BCUT2D eigenvalue weighted by atomic mass is 10.4. The van der Waals surface area contributed by atoms with Gasteiger partial charge in [0.25, 0.3) is 0 Å². The first-order valence-electron chi connectivity index (χ1n) is 2.83. The van der Waals surface area contributed by atoms with Crippen LogP contribution in [0.4, 0.5) is 0 Å². The molecule has 3 heteroatoms. The van der Waals surface area contributed by atoms with Crippen molar-refractivity contribution in [1.82, 2.24) is 5.32 Å². The van der Waals surface area contributed by atoms with Crippen LogP contribution in [0.5, 0.6) is 0 Å². The molecule has 0 heterocycles. The molecule has 0 bridgehead atoms. The average molecular weight is 130 g/mol. The zero-order valence-electron chi connectivity index (χ0n) is 5.97. The molecule has 3 nitrogen and oxygen atoms in total. The predicted molar refractivity (Wildman–Crippen MR) is 34.6 cm³/mol. The van der Waals surface area contributed by atoms with Gasteiger partial charge in [0, 0.05) is 13.5 Å². The Morgan fingerprint density at radius 3 is 2.67 bits per heavy atom. The second-order valence-corrected chi connectivity index (χ2v) is 1.68. The highest BCUT2D eigenvalue weighted by molar-refractivity contribution is 5.84. The van der Waals surface area contributed by atoms with Gasteiger partial charge in [-0.3, -0.25) is 4.79 Å². The number of methoxy groups -OCH3 is 1. The van der Waals surface area contributed by atoms with Crippen molar-refractivity contribution >= 4 is 5.91 Å². The summed E-state index contributed by atoms with van der Waals surface area (Å²) in [5, 5.41) is 2.56. The number of hydrogen-bond acceptors (Lipinski definition) is 2. The largest absolute Gasteiger partial charge is 0.362 e. The smallest absolute Gasteiger partial charge is 0.225 e. The molecule has 1 unspecified atom stereocenters. The summed E-state index contributed by atoms with van der Waals surface area (Å²) in [6, 6.07) is 0. The van der Waals surface area contributed by atoms with Crippen molar-refractivity contribution in [3.05, 3.63) is 6.42 Å². The molecular formula is C6H12NO2. The summed E-state index contributed by atoms with van der Waals surface area (Å²) in [5.74, 6) is -0.107. The summed E-state index contributed by atoms with van der Waals surface area (Å²) < 4.78 is 4.77. The number of hydrogen-bond donors (Lipinski definition) is 1. The highest BCUT2D eigenvalue weighted by Crippen LogP contribution is 1.81. The van der Waals surface area contributed by atoms with E-state index in [0.717, 1.165) is 0 Å². The Bertz CT molecular complexity index is 93.1. The lowest BCUT2D eigenvalue weighted by Gasteiger charge is -2.09. The molecule has 0 aliphatic rings. The first kappa shape index (κ1) is 8.43. The lowest BCUT2D eigenvalue weighted by Crippen LogP contribution is -2.33. The summed E-state index contributed by atoms with van der Waals surface area (Å²) >= 11 is 0. The van der Waals surface area contributed by atoms with Crippen LogP contribution < -0.4 is 5.32 Å². The third kappa shape index (κ3) is 3.97. The SMILES string of the molecule is C[CH]C(=O)NC(C)OC. The van der Waals surface area contributed by atoms with Crippen molar-refractivity contribution in [2.75, 3.05) is 7.11 Å². The number of amides is 1. The molecule has 0 fully saturated rings. The normalized spacial score (nSPS) is 12.8. The average Bonchev–Trinajstić information content (AvgIpc) is 1.87. The maximum atomic E-state index is 10.5. The van der Waals surface area contributed by atoms with Gasteiger partial charge >= 0.3 is 0 Å². The van der Waals surface area contributed by atoms with Gasteiger partial charge in [0.05, 0.1) is 0 Å². The second kappa shape index (κ2) is 4.32. The Balaban J connectivity index is 3.34. The molecule has 0 rings (SSSR count). The van der Waals surface area contributed by atoms with Crippen LogP contribution in [-0.4, -0.2) is 19.2 Å². The Kier molecular flexibility index (Phi) is 4.05. The summed E-state index contributed by atoms with van der Waals surface area (Å²) in [5.41, 5.74) is 0. The van der Waals surface area contributed by atoms with Gasteiger partial charge in [-0.05, 0) is 6.92 Å². The minimum atomic E-state index is -0.200. The maximum Gasteiger partial charge on any atom is 0.225 e. The van der Waals surface area contributed by atoms with Gasteiger partial charge in [-0.2, -0.15) is 0 Å². The Hall–Kier alpha value is -0.570. The molecule has 1 N–H and O–H groups in total. The fourth-order valence-corrected chi connectivity index (χ4v) is 0.343. The second-order valence-electron chi connectivity index (χ2n) is 1.68. The molecule has 0 aliphatic heterocycles. The topological polar surface area (TPSA) is 38.3 Å². The van der Waals surface area contributed by atoms with E-state index < -0.39 is 0 Å². The summed E-state index contributed by atoms with van der Waals surface area (Å²) in [4.78, 5) is 10.5. The molecular weight excluding hydrogens is 118 g/mol. The molecule has 0 aromatic heterocycles. The van der Waals surface area contributed by atoms with Crippen LogP contribution in [0.15, 0.2) is 0 Å².